The average Bonchev–Trinajstić information content (AvgIpc) is 2.64. The molecule has 1 aliphatic heterocycles. The third-order valence-corrected chi connectivity index (χ3v) is 4.48. The van der Waals surface area contributed by atoms with Crippen LogP contribution in [-0.4, -0.2) is 55.1 Å². The predicted octanol–water partition coefficient (Wildman–Crippen LogP) is 1.28. The number of nitrogens with two attached hydrogens (primary N) is 1. The highest BCUT2D eigenvalue weighted by molar-refractivity contribution is 4.85. The summed E-state index contributed by atoms with van der Waals surface area (Å²) in [5.41, 5.74) is 6.06. The molecule has 3 nitrogen and oxygen atoms in total. The number of rotatable bonds is 3. The molecule has 1 aliphatic carbocycles. The van der Waals surface area contributed by atoms with Crippen LogP contribution in [0.5, 0.6) is 0 Å². The third-order valence-electron chi connectivity index (χ3n) is 4.48. The van der Waals surface area contributed by atoms with Crippen molar-refractivity contribution in [2.24, 2.45) is 5.73 Å². The molecule has 3 atom stereocenters. The lowest BCUT2D eigenvalue weighted by Crippen LogP contribution is -2.45. The maximum Gasteiger partial charge on any atom is 0.0220 e. The summed E-state index contributed by atoms with van der Waals surface area (Å²) in [4.78, 5) is 5.07. The molecule has 0 amide bonds. The lowest BCUT2D eigenvalue weighted by Gasteiger charge is -2.36. The van der Waals surface area contributed by atoms with Gasteiger partial charge >= 0.3 is 0 Å². The van der Waals surface area contributed by atoms with Crippen molar-refractivity contribution in [3.8, 4) is 0 Å². The van der Waals surface area contributed by atoms with Crippen LogP contribution in [0.1, 0.15) is 38.5 Å². The topological polar surface area (TPSA) is 32.5 Å². The molecule has 1 heterocycles. The van der Waals surface area contributed by atoms with Crippen molar-refractivity contribution in [2.45, 2.75) is 56.7 Å². The van der Waals surface area contributed by atoms with Crippen LogP contribution in [0.2, 0.25) is 0 Å². The van der Waals surface area contributed by atoms with E-state index in [4.69, 9.17) is 5.73 Å². The van der Waals surface area contributed by atoms with Gasteiger partial charge in [0.15, 0.2) is 0 Å². The predicted molar refractivity (Wildman–Crippen MR) is 68.5 cm³/mol. The number of likely N-dealkylation sites (tertiary alicyclic amines) is 1. The van der Waals surface area contributed by atoms with Gasteiger partial charge in [0.25, 0.3) is 0 Å². The van der Waals surface area contributed by atoms with Crippen LogP contribution in [0.15, 0.2) is 0 Å². The lowest BCUT2D eigenvalue weighted by atomic mass is 9.90. The summed E-state index contributed by atoms with van der Waals surface area (Å²) >= 11 is 0. The first-order valence-electron chi connectivity index (χ1n) is 6.83. The van der Waals surface area contributed by atoms with Crippen molar-refractivity contribution in [3.05, 3.63) is 0 Å². The first-order valence-corrected chi connectivity index (χ1v) is 6.83. The lowest BCUT2D eigenvalue weighted by molar-refractivity contribution is 0.141. The smallest absolute Gasteiger partial charge is 0.0220 e. The average molecular weight is 225 g/mol. The minimum Gasteiger partial charge on any atom is -0.328 e. The SMILES string of the molecule is CN1CCCC1CN(C)C1CCCC(N)C1. The minimum atomic E-state index is 0.447. The van der Waals surface area contributed by atoms with Gasteiger partial charge in [-0.1, -0.05) is 6.42 Å². The summed E-state index contributed by atoms with van der Waals surface area (Å²) in [5.74, 6) is 0. The van der Waals surface area contributed by atoms with E-state index in [2.05, 4.69) is 23.9 Å². The quantitative estimate of drug-likeness (QED) is 0.785. The monoisotopic (exact) mass is 225 g/mol. The van der Waals surface area contributed by atoms with Crippen molar-refractivity contribution >= 4 is 0 Å². The number of nitrogens with zero attached hydrogens (tertiary/aromatic N) is 2. The molecule has 0 spiro atoms. The van der Waals surface area contributed by atoms with Crippen molar-refractivity contribution in [3.63, 3.8) is 0 Å². The van der Waals surface area contributed by atoms with E-state index >= 15 is 0 Å². The molecule has 1 saturated heterocycles. The summed E-state index contributed by atoms with van der Waals surface area (Å²) < 4.78 is 0. The van der Waals surface area contributed by atoms with E-state index < -0.39 is 0 Å². The van der Waals surface area contributed by atoms with Gasteiger partial charge in [-0.2, -0.15) is 0 Å². The van der Waals surface area contributed by atoms with Crippen molar-refractivity contribution in [2.75, 3.05) is 27.2 Å². The van der Waals surface area contributed by atoms with E-state index in [0.29, 0.717) is 6.04 Å². The van der Waals surface area contributed by atoms with E-state index in [1.807, 2.05) is 0 Å². The largest absolute Gasteiger partial charge is 0.328 e. The van der Waals surface area contributed by atoms with E-state index in [0.717, 1.165) is 12.1 Å². The molecule has 3 unspecified atom stereocenters. The molecular formula is C13H27N3. The Morgan fingerprint density at radius 1 is 1.25 bits per heavy atom. The molecule has 0 aromatic rings. The molecule has 0 aromatic carbocycles. The maximum atomic E-state index is 6.06. The molecule has 0 bridgehead atoms. The fraction of sp³-hybridized carbons (Fsp3) is 1.00. The van der Waals surface area contributed by atoms with E-state index in [9.17, 15) is 0 Å². The summed E-state index contributed by atoms with van der Waals surface area (Å²) in [6.07, 6.45) is 7.84. The fourth-order valence-corrected chi connectivity index (χ4v) is 3.29. The zero-order valence-electron chi connectivity index (χ0n) is 10.9. The number of hydrogen-bond donors (Lipinski definition) is 1. The Morgan fingerprint density at radius 2 is 2.06 bits per heavy atom. The molecule has 0 radical (unpaired) electrons. The summed E-state index contributed by atoms with van der Waals surface area (Å²) in [5, 5.41) is 0. The van der Waals surface area contributed by atoms with Gasteiger partial charge in [0.05, 0.1) is 0 Å². The Bertz CT molecular complexity index is 219. The Kier molecular flexibility index (Phi) is 4.22. The highest BCUT2D eigenvalue weighted by Gasteiger charge is 2.27. The highest BCUT2D eigenvalue weighted by atomic mass is 15.2. The second-order valence-corrected chi connectivity index (χ2v) is 5.80. The van der Waals surface area contributed by atoms with Gasteiger partial charge in [0, 0.05) is 24.7 Å². The molecule has 94 valence electrons. The molecule has 2 fully saturated rings. The molecule has 3 heteroatoms. The Hall–Kier alpha value is -0.120. The molecule has 2 N–H and O–H groups in total. The van der Waals surface area contributed by atoms with Crippen molar-refractivity contribution in [1.29, 1.82) is 0 Å². The Balaban J connectivity index is 1.80. The van der Waals surface area contributed by atoms with E-state index in [1.165, 1.54) is 51.6 Å². The zero-order chi connectivity index (χ0) is 11.5. The van der Waals surface area contributed by atoms with Gasteiger partial charge in [0.2, 0.25) is 0 Å². The standard InChI is InChI=1S/C13H27N3/c1-15-8-4-7-13(15)10-16(2)12-6-3-5-11(14)9-12/h11-13H,3-10,14H2,1-2H3. The second-order valence-electron chi connectivity index (χ2n) is 5.80. The normalized spacial score (nSPS) is 37.1. The zero-order valence-corrected chi connectivity index (χ0v) is 10.9. The van der Waals surface area contributed by atoms with Crippen LogP contribution in [-0.2, 0) is 0 Å². The van der Waals surface area contributed by atoms with Crippen LogP contribution in [0.4, 0.5) is 0 Å². The van der Waals surface area contributed by atoms with Crippen LogP contribution in [0, 0.1) is 0 Å². The van der Waals surface area contributed by atoms with E-state index in [1.54, 1.807) is 0 Å². The highest BCUT2D eigenvalue weighted by Crippen LogP contribution is 2.23. The van der Waals surface area contributed by atoms with Crippen molar-refractivity contribution in [1.82, 2.24) is 9.80 Å². The second kappa shape index (κ2) is 5.48. The van der Waals surface area contributed by atoms with Crippen LogP contribution in [0.25, 0.3) is 0 Å². The molecular weight excluding hydrogens is 198 g/mol. The minimum absolute atomic E-state index is 0.447. The fourth-order valence-electron chi connectivity index (χ4n) is 3.29. The number of hydrogen-bond acceptors (Lipinski definition) is 3. The van der Waals surface area contributed by atoms with Crippen LogP contribution in [0.3, 0.4) is 0 Å². The molecule has 16 heavy (non-hydrogen) atoms. The number of likely N-dealkylation sites (N-methyl/N-ethyl adjacent to an activating group) is 2. The van der Waals surface area contributed by atoms with Gasteiger partial charge in [-0.25, -0.2) is 0 Å². The molecule has 2 rings (SSSR count). The van der Waals surface area contributed by atoms with Gasteiger partial charge in [-0.15, -0.1) is 0 Å². The third kappa shape index (κ3) is 2.96. The van der Waals surface area contributed by atoms with Gasteiger partial charge in [-0.05, 0) is 52.7 Å². The maximum absolute atomic E-state index is 6.06. The van der Waals surface area contributed by atoms with Gasteiger partial charge in [0.1, 0.15) is 0 Å². The first-order chi connectivity index (χ1) is 7.66. The summed E-state index contributed by atoms with van der Waals surface area (Å²) in [7, 11) is 4.55. The van der Waals surface area contributed by atoms with Crippen LogP contribution >= 0.6 is 0 Å². The molecule has 2 aliphatic rings. The van der Waals surface area contributed by atoms with Crippen LogP contribution < -0.4 is 5.73 Å². The van der Waals surface area contributed by atoms with Gasteiger partial charge in [-0.3, -0.25) is 0 Å². The van der Waals surface area contributed by atoms with E-state index in [-0.39, 0.29) is 0 Å². The van der Waals surface area contributed by atoms with Gasteiger partial charge < -0.3 is 15.5 Å². The molecule has 1 saturated carbocycles. The summed E-state index contributed by atoms with van der Waals surface area (Å²) in [6.45, 7) is 2.51. The van der Waals surface area contributed by atoms with Crippen molar-refractivity contribution < 1.29 is 0 Å². The Morgan fingerprint density at radius 3 is 2.69 bits per heavy atom. The molecule has 0 aromatic heterocycles. The Labute approximate surface area is 100.0 Å². The first kappa shape index (κ1) is 12.3. The summed E-state index contributed by atoms with van der Waals surface area (Å²) in [6, 6.07) is 1.96.